The quantitative estimate of drug-likeness (QED) is 0.230. The van der Waals surface area contributed by atoms with Gasteiger partial charge in [0.15, 0.2) is 11.6 Å². The van der Waals surface area contributed by atoms with Gasteiger partial charge in [-0.1, -0.05) is 23.4 Å². The fraction of sp³-hybridized carbons (Fsp3) is 0.412. The molecule has 180 valence electrons. The van der Waals surface area contributed by atoms with Gasteiger partial charge in [0.1, 0.15) is 30.3 Å². The molecule has 0 saturated carbocycles. The monoisotopic (exact) mass is 774 g/mol. The van der Waals surface area contributed by atoms with Crippen molar-refractivity contribution in [2.75, 3.05) is 36.1 Å². The Labute approximate surface area is 228 Å². The van der Waals surface area contributed by atoms with Crippen molar-refractivity contribution in [1.82, 2.24) is 19.9 Å². The molecule has 0 unspecified atom stereocenters. The molecule has 2 rings (SSSR count). The molecule has 32 heavy (non-hydrogen) atoms. The van der Waals surface area contributed by atoms with Crippen LogP contribution in [0, 0.1) is 0 Å². The average Bonchev–Trinajstić information content (AvgIpc) is 2.71. The molecule has 0 atom stereocenters. The van der Waals surface area contributed by atoms with Crippen LogP contribution in [-0.2, 0) is 19.1 Å². The molecule has 0 spiro atoms. The molecular formula is C17H23Br5N6O4. The van der Waals surface area contributed by atoms with Crippen LogP contribution < -0.4 is 11.1 Å². The molecule has 0 aliphatic heterocycles. The Morgan fingerprint density at radius 3 is 1.84 bits per heavy atom. The predicted octanol–water partition coefficient (Wildman–Crippen LogP) is 5.14. The van der Waals surface area contributed by atoms with Crippen LogP contribution in [-0.4, -0.2) is 57.0 Å². The van der Waals surface area contributed by atoms with Crippen molar-refractivity contribution in [1.29, 1.82) is 0 Å². The van der Waals surface area contributed by atoms with Crippen LogP contribution in [0.1, 0.15) is 21.3 Å². The van der Waals surface area contributed by atoms with Gasteiger partial charge < -0.3 is 20.5 Å². The van der Waals surface area contributed by atoms with Crippen LogP contribution in [0.15, 0.2) is 30.8 Å². The summed E-state index contributed by atoms with van der Waals surface area (Å²) in [5, 5.41) is 3.10. The lowest BCUT2D eigenvalue weighted by Gasteiger charge is -2.06. The fourth-order valence-electron chi connectivity index (χ4n) is 1.39. The zero-order valence-corrected chi connectivity index (χ0v) is 24.3. The van der Waals surface area contributed by atoms with Crippen molar-refractivity contribution in [3.8, 4) is 0 Å². The van der Waals surface area contributed by atoms with Gasteiger partial charge in [-0.3, -0.25) is 9.59 Å². The Morgan fingerprint density at radius 1 is 0.938 bits per heavy atom. The van der Waals surface area contributed by atoms with Crippen LogP contribution in [0.4, 0.5) is 11.6 Å². The lowest BCUT2D eigenvalue weighted by Crippen LogP contribution is -2.17. The molecule has 0 bridgehead atoms. The zero-order chi connectivity index (χ0) is 23.8. The largest absolute Gasteiger partial charge is 0.465 e. The topological polar surface area (TPSA) is 142 Å². The number of carbonyl (C=O) groups excluding carboxylic acids is 2. The van der Waals surface area contributed by atoms with E-state index in [1.54, 1.807) is 20.0 Å². The fourth-order valence-corrected chi connectivity index (χ4v) is 3.31. The second-order valence-corrected chi connectivity index (χ2v) is 8.49. The SMILES string of the molecule is C.CCO[13C](=O)[13CH2]Br.CCO[13C](=O)[13CH2]Nc1ncc(Br)nc1Br.Nc1ncc(Br)nc1Br. The highest BCUT2D eigenvalue weighted by Gasteiger charge is 2.06. The lowest BCUT2D eigenvalue weighted by molar-refractivity contribution is -0.141. The van der Waals surface area contributed by atoms with E-state index in [1.165, 1.54) is 6.20 Å². The number of nitrogens with one attached hydrogen (secondary N) is 1. The van der Waals surface area contributed by atoms with Gasteiger partial charge >= 0.3 is 11.9 Å². The number of hydrogen-bond acceptors (Lipinski definition) is 10. The number of nitrogens with two attached hydrogens (primary N) is 1. The van der Waals surface area contributed by atoms with E-state index in [2.05, 4.69) is 110 Å². The normalized spacial score (nSPS) is 9.09. The van der Waals surface area contributed by atoms with Crippen molar-refractivity contribution in [2.45, 2.75) is 21.3 Å². The third-order valence-corrected chi connectivity index (χ3v) is 4.91. The molecule has 0 amide bonds. The van der Waals surface area contributed by atoms with Gasteiger partial charge in [0.05, 0.1) is 25.6 Å². The van der Waals surface area contributed by atoms with E-state index in [1.807, 2.05) is 0 Å². The number of carbonyl (C=O) groups is 2. The van der Waals surface area contributed by atoms with Crippen LogP contribution in [0.3, 0.4) is 0 Å². The van der Waals surface area contributed by atoms with Crippen molar-refractivity contribution in [3.63, 3.8) is 0 Å². The highest BCUT2D eigenvalue weighted by atomic mass is 79.9. The first-order valence-electron chi connectivity index (χ1n) is 8.37. The first-order valence-corrected chi connectivity index (χ1v) is 12.7. The summed E-state index contributed by atoms with van der Waals surface area (Å²) in [5.74, 6) is 0.376. The van der Waals surface area contributed by atoms with Gasteiger partial charge in [0.25, 0.3) is 0 Å². The number of rotatable bonds is 6. The number of aromatic nitrogens is 4. The lowest BCUT2D eigenvalue weighted by atomic mass is 10.7. The molecule has 2 aromatic heterocycles. The number of ether oxygens (including phenoxy) is 2. The Bertz CT molecular complexity index is 847. The summed E-state index contributed by atoms with van der Waals surface area (Å²) in [7, 11) is 0. The first kappa shape index (κ1) is 33.3. The van der Waals surface area contributed by atoms with E-state index >= 15 is 0 Å². The maximum Gasteiger partial charge on any atom is 0.325 e. The Kier molecular flexibility index (Phi) is 20.3. The van der Waals surface area contributed by atoms with Crippen molar-refractivity contribution < 1.29 is 19.1 Å². The van der Waals surface area contributed by atoms with E-state index < -0.39 is 0 Å². The van der Waals surface area contributed by atoms with Crippen molar-refractivity contribution in [3.05, 3.63) is 30.8 Å². The molecule has 2 aromatic rings. The second-order valence-electron chi connectivity index (χ2n) is 4.80. The minimum atomic E-state index is -0.325. The van der Waals surface area contributed by atoms with Gasteiger partial charge in [0.2, 0.25) is 0 Å². The molecule has 0 aliphatic carbocycles. The molecule has 0 saturated heterocycles. The number of halogens is 5. The number of hydrogen-bond donors (Lipinski definition) is 2. The molecule has 0 radical (unpaired) electrons. The van der Waals surface area contributed by atoms with E-state index in [9.17, 15) is 9.59 Å². The van der Waals surface area contributed by atoms with E-state index in [4.69, 9.17) is 10.5 Å². The Balaban J connectivity index is 0. The van der Waals surface area contributed by atoms with E-state index in [0.717, 1.165) is 0 Å². The number of esters is 2. The minimum absolute atomic E-state index is 0. The molecule has 15 heteroatoms. The molecular weight excluding hydrogens is 756 g/mol. The van der Waals surface area contributed by atoms with Crippen LogP contribution >= 0.6 is 79.6 Å². The summed E-state index contributed by atoms with van der Waals surface area (Å²) >= 11 is 15.6. The smallest absolute Gasteiger partial charge is 0.325 e. The molecule has 10 nitrogen and oxygen atoms in total. The highest BCUT2D eigenvalue weighted by molar-refractivity contribution is 9.11. The summed E-state index contributed by atoms with van der Waals surface area (Å²) < 4.78 is 11.7. The Hall–Kier alpha value is -0.900. The summed E-state index contributed by atoms with van der Waals surface area (Å²) in [5.41, 5.74) is 5.35. The standard InChI is InChI=1S/C8H9Br2N3O2.C4H3Br2N3.C4H7BrO2.CH4/c1-2-15-6(14)4-12-8-7(10)13-5(9)3-11-8;5-2-1-8-4(7)3(6)9-2;1-2-7-4(6)3-5;/h3H,2,4H2,1H3,(H,11,12);1H,(H2,7,8);2-3H2,1H3;1H4/i4+1,6+1;;3+1,4+1;. The third-order valence-electron chi connectivity index (χ3n) is 2.55. The van der Waals surface area contributed by atoms with Gasteiger partial charge in [-0.2, -0.15) is 0 Å². The first-order chi connectivity index (χ1) is 14.6. The van der Waals surface area contributed by atoms with E-state index in [-0.39, 0.29) is 25.9 Å². The Morgan fingerprint density at radius 2 is 1.44 bits per heavy atom. The van der Waals surface area contributed by atoms with Crippen molar-refractivity contribution in [2.24, 2.45) is 0 Å². The molecule has 0 aromatic carbocycles. The average molecular weight is 779 g/mol. The zero-order valence-electron chi connectivity index (χ0n) is 16.4. The summed E-state index contributed by atoms with van der Waals surface area (Å²) in [6.45, 7) is 4.44. The highest BCUT2D eigenvalue weighted by Crippen LogP contribution is 2.19. The molecule has 2 heterocycles. The molecule has 0 fully saturated rings. The van der Waals surface area contributed by atoms with Gasteiger partial charge in [-0.05, 0) is 77.6 Å². The van der Waals surface area contributed by atoms with Crippen LogP contribution in [0.25, 0.3) is 0 Å². The number of nitrogen functional groups attached to an aromatic ring is 1. The maximum absolute atomic E-state index is 11.0. The number of nitrogens with zero attached hydrogens (tertiary/aromatic N) is 4. The summed E-state index contributed by atoms with van der Waals surface area (Å²) in [6.07, 6.45) is 3.08. The van der Waals surface area contributed by atoms with Gasteiger partial charge in [-0.25, -0.2) is 19.9 Å². The van der Waals surface area contributed by atoms with E-state index in [0.29, 0.717) is 48.6 Å². The molecule has 0 aliphatic rings. The molecule has 3 N–H and O–H groups in total. The maximum atomic E-state index is 11.0. The number of alkyl halides is 1. The van der Waals surface area contributed by atoms with Crippen LogP contribution in [0.2, 0.25) is 0 Å². The minimum Gasteiger partial charge on any atom is -0.465 e. The van der Waals surface area contributed by atoms with Crippen molar-refractivity contribution >= 4 is 103 Å². The van der Waals surface area contributed by atoms with Gasteiger partial charge in [0, 0.05) is 0 Å². The summed E-state index contributed by atoms with van der Waals surface area (Å²) in [6, 6.07) is 0. The van der Waals surface area contributed by atoms with Gasteiger partial charge in [-0.15, -0.1) is 0 Å². The number of anilines is 2. The van der Waals surface area contributed by atoms with Crippen LogP contribution in [0.5, 0.6) is 0 Å². The summed E-state index contributed by atoms with van der Waals surface area (Å²) in [4.78, 5) is 37.0. The second kappa shape index (κ2) is 19.6. The predicted molar refractivity (Wildman–Crippen MR) is 142 cm³/mol. The third kappa shape index (κ3) is 15.8.